The molecule has 0 bridgehead atoms. The van der Waals surface area contributed by atoms with Gasteiger partial charge in [-0.25, -0.2) is 6.08 Å². The molecule has 0 saturated heterocycles. The fourth-order valence-corrected chi connectivity index (χ4v) is 5.20. The van der Waals surface area contributed by atoms with E-state index < -0.39 is 0 Å². The first-order valence-electron chi connectivity index (χ1n) is 14.0. The summed E-state index contributed by atoms with van der Waals surface area (Å²) in [5.41, 5.74) is 14.2. The molecule has 0 radical (unpaired) electrons. The first-order valence-corrected chi connectivity index (χ1v) is 15.2. The van der Waals surface area contributed by atoms with Gasteiger partial charge in [0.15, 0.2) is 0 Å². The minimum Gasteiger partial charge on any atom is -1.00 e. The molecule has 0 heterocycles. The Morgan fingerprint density at radius 3 is 2.02 bits per heavy atom. The molecule has 3 aromatic carbocycles. The molecular weight excluding hydrogens is 607 g/mol. The van der Waals surface area contributed by atoms with Gasteiger partial charge in [0.25, 0.3) is 0 Å². The third-order valence-electron chi connectivity index (χ3n) is 7.50. The van der Waals surface area contributed by atoms with E-state index in [0.29, 0.717) is 11.3 Å². The molecular formula is C37H44Cl2Zr-2. The second-order valence-corrected chi connectivity index (χ2v) is 13.7. The standard InChI is InChI=1S/C17H17.C12H19.C8H8.2ClH.Zr/c1-10-5-14-9-15-6-11(2)13(4)8-17(15)16(14)7-12(10)3;1-5-6-10-7-8-11(9-10)12(2,3)4;1-2-8-6-4-3-5-7-8;;;/h5,7-8H,9H2,1-4H3;8-10H,5-6H2,1-4H3;3-7H,1H3;2*1H;/q2*-1;;;;+2/p-2. The van der Waals surface area contributed by atoms with Crippen molar-refractivity contribution in [2.24, 2.45) is 11.3 Å². The molecule has 0 saturated carbocycles. The summed E-state index contributed by atoms with van der Waals surface area (Å²) in [4.78, 5) is 0. The van der Waals surface area contributed by atoms with Crippen LogP contribution in [0.15, 0.2) is 66.3 Å². The second kappa shape index (κ2) is 16.2. The summed E-state index contributed by atoms with van der Waals surface area (Å²) in [6.07, 6.45) is 11.5. The second-order valence-electron chi connectivity index (χ2n) is 11.8. The van der Waals surface area contributed by atoms with E-state index in [1.54, 1.807) is 0 Å². The predicted molar refractivity (Wildman–Crippen MR) is 162 cm³/mol. The molecule has 212 valence electrons. The van der Waals surface area contributed by atoms with Crippen molar-refractivity contribution in [2.45, 2.75) is 81.6 Å². The van der Waals surface area contributed by atoms with Crippen molar-refractivity contribution in [3.8, 4) is 11.1 Å². The number of hydrogen-bond acceptors (Lipinski definition) is 0. The maximum Gasteiger partial charge on any atom is -0.0253 e. The van der Waals surface area contributed by atoms with Crippen LogP contribution in [0.5, 0.6) is 0 Å². The van der Waals surface area contributed by atoms with Crippen LogP contribution < -0.4 is 24.8 Å². The number of aryl methyl sites for hydroxylation is 4. The van der Waals surface area contributed by atoms with Gasteiger partial charge in [0.05, 0.1) is 0 Å². The van der Waals surface area contributed by atoms with Gasteiger partial charge in [-0.15, -0.1) is 11.1 Å². The van der Waals surface area contributed by atoms with Crippen LogP contribution >= 0.6 is 0 Å². The number of rotatable bonds is 3. The van der Waals surface area contributed by atoms with Gasteiger partial charge in [-0.05, 0) is 37.0 Å². The smallest absolute Gasteiger partial charge is 0.0253 e. The first-order chi connectivity index (χ1) is 17.9. The summed E-state index contributed by atoms with van der Waals surface area (Å²) < 4.78 is 1.46. The van der Waals surface area contributed by atoms with Crippen molar-refractivity contribution in [3.63, 3.8) is 0 Å². The van der Waals surface area contributed by atoms with Crippen molar-refractivity contribution >= 4 is 3.21 Å². The third kappa shape index (κ3) is 9.79. The quantitative estimate of drug-likeness (QED) is 0.296. The Morgan fingerprint density at radius 1 is 0.900 bits per heavy atom. The molecule has 40 heavy (non-hydrogen) atoms. The Bertz CT molecular complexity index is 1290. The topological polar surface area (TPSA) is 0 Å². The molecule has 0 N–H and O–H groups in total. The fourth-order valence-electron chi connectivity index (χ4n) is 4.79. The molecule has 0 amide bonds. The van der Waals surface area contributed by atoms with Gasteiger partial charge in [-0.1, -0.05) is 83.4 Å². The number of fused-ring (bicyclic) bond motifs is 3. The zero-order valence-electron chi connectivity index (χ0n) is 25.7. The molecule has 0 aliphatic heterocycles. The average molecular weight is 651 g/mol. The Kier molecular flexibility index (Phi) is 14.8. The maximum atomic E-state index is 3.54. The number of halogens is 2. The maximum absolute atomic E-state index is 3.54. The molecule has 3 aromatic rings. The molecule has 2 aliphatic rings. The van der Waals surface area contributed by atoms with Crippen LogP contribution in [-0.4, -0.2) is 3.21 Å². The zero-order chi connectivity index (χ0) is 28.0. The molecule has 1 unspecified atom stereocenters. The molecule has 2 aliphatic carbocycles. The van der Waals surface area contributed by atoms with Crippen LogP contribution in [0, 0.1) is 51.2 Å². The Balaban J connectivity index is 0.000000309. The van der Waals surface area contributed by atoms with Crippen LogP contribution in [0.4, 0.5) is 0 Å². The minimum atomic E-state index is 0. The van der Waals surface area contributed by atoms with Gasteiger partial charge in [-0.2, -0.15) is 34.9 Å². The van der Waals surface area contributed by atoms with E-state index in [1.807, 2.05) is 6.07 Å². The first kappa shape index (κ1) is 36.5. The Labute approximate surface area is 271 Å². The zero-order valence-corrected chi connectivity index (χ0v) is 29.7. The Hall–Kier alpha value is -1.53. The molecule has 0 nitrogen and oxygen atoms in total. The molecule has 0 aromatic heterocycles. The summed E-state index contributed by atoms with van der Waals surface area (Å²) >= 11 is 1.51. The van der Waals surface area contributed by atoms with Gasteiger partial charge >= 0.3 is 70.3 Å². The van der Waals surface area contributed by atoms with Crippen molar-refractivity contribution in [1.82, 2.24) is 0 Å². The van der Waals surface area contributed by atoms with Crippen molar-refractivity contribution < 1.29 is 49.0 Å². The van der Waals surface area contributed by atoms with Crippen LogP contribution in [-0.2, 0) is 30.7 Å². The van der Waals surface area contributed by atoms with Gasteiger partial charge in [-0.3, -0.25) is 6.08 Å². The van der Waals surface area contributed by atoms with Crippen LogP contribution in [0.2, 0.25) is 0 Å². The largest absolute Gasteiger partial charge is 1.00 e. The summed E-state index contributed by atoms with van der Waals surface area (Å²) in [6.45, 7) is 19.9. The van der Waals surface area contributed by atoms with Crippen molar-refractivity contribution in [3.05, 3.63) is 117 Å². The third-order valence-corrected chi connectivity index (χ3v) is 8.21. The van der Waals surface area contributed by atoms with Gasteiger partial charge < -0.3 is 24.8 Å². The van der Waals surface area contributed by atoms with E-state index in [0.717, 1.165) is 6.42 Å². The normalized spacial score (nSPS) is 14.3. The monoisotopic (exact) mass is 648 g/mol. The minimum absolute atomic E-state index is 0. The van der Waals surface area contributed by atoms with Crippen LogP contribution in [0.1, 0.15) is 86.4 Å². The molecule has 0 spiro atoms. The average Bonchev–Trinajstić information content (AvgIpc) is 3.46. The summed E-state index contributed by atoms with van der Waals surface area (Å²) in [6, 6.07) is 21.0. The van der Waals surface area contributed by atoms with Crippen LogP contribution in [0.25, 0.3) is 11.1 Å². The van der Waals surface area contributed by atoms with Crippen molar-refractivity contribution in [1.29, 1.82) is 0 Å². The molecule has 1 atom stereocenters. The summed E-state index contributed by atoms with van der Waals surface area (Å²) in [5, 5.41) is 0. The van der Waals surface area contributed by atoms with E-state index in [1.165, 1.54) is 95.9 Å². The van der Waals surface area contributed by atoms with E-state index in [9.17, 15) is 0 Å². The SMILES string of the molecule is CCCC1[C-]=CC(C(C)(C)C)=C1.C[C](=[Zr+2])c1ccccc1.Cc1[c-]c2c(cc1C)-c1cc(C)c(C)cc1C2.[Cl-].[Cl-]. The number of benzene rings is 3. The number of hydrogen-bond donors (Lipinski definition) is 0. The van der Waals surface area contributed by atoms with E-state index in [-0.39, 0.29) is 24.8 Å². The molecule has 0 fully saturated rings. The van der Waals surface area contributed by atoms with Crippen molar-refractivity contribution in [2.75, 3.05) is 0 Å². The van der Waals surface area contributed by atoms with Gasteiger partial charge in [0.1, 0.15) is 0 Å². The van der Waals surface area contributed by atoms with E-state index in [2.05, 4.69) is 129 Å². The fraction of sp³-hybridized carbons (Fsp3) is 0.378. The van der Waals surface area contributed by atoms with Gasteiger partial charge in [0, 0.05) is 0 Å². The summed E-state index contributed by atoms with van der Waals surface area (Å²) in [7, 11) is 0. The molecule has 5 rings (SSSR count). The Morgan fingerprint density at radius 2 is 1.50 bits per heavy atom. The number of allylic oxidation sites excluding steroid dienone is 4. The van der Waals surface area contributed by atoms with E-state index >= 15 is 0 Å². The van der Waals surface area contributed by atoms with Crippen LogP contribution in [0.3, 0.4) is 0 Å². The molecule has 3 heteroatoms. The van der Waals surface area contributed by atoms with E-state index in [4.69, 9.17) is 0 Å². The summed E-state index contributed by atoms with van der Waals surface area (Å²) in [5.74, 6) is 0.587. The van der Waals surface area contributed by atoms with Gasteiger partial charge in [0.2, 0.25) is 0 Å². The predicted octanol–water partition coefficient (Wildman–Crippen LogP) is 3.82.